The van der Waals surface area contributed by atoms with Crippen molar-refractivity contribution in [2.24, 2.45) is 11.8 Å². The van der Waals surface area contributed by atoms with Crippen LogP contribution in [0.5, 0.6) is 5.75 Å². The molecule has 10 heteroatoms. The minimum absolute atomic E-state index is 0.0952. The standard InChI is InChI=1S/C17H19FN4O4S/c1-9-5-11(15(23)24)8-22(7-9)17(25)20-16-19-14(21-27-16)10-3-4-13(26-2)12(18)6-10/h3-4,6,9,11H,5,7-8H2,1-2H3,(H,23,24)(H,19,20,21,25). The third kappa shape index (κ3) is 4.33. The summed E-state index contributed by atoms with van der Waals surface area (Å²) in [4.78, 5) is 29.4. The van der Waals surface area contributed by atoms with Crippen molar-refractivity contribution in [3.8, 4) is 17.1 Å². The molecular weight excluding hydrogens is 375 g/mol. The number of carbonyl (C=O) groups is 2. The Balaban J connectivity index is 1.69. The molecule has 1 aliphatic rings. The molecule has 2 unspecified atom stereocenters. The molecule has 2 N–H and O–H groups in total. The quantitative estimate of drug-likeness (QED) is 0.826. The molecule has 1 fully saturated rings. The van der Waals surface area contributed by atoms with Crippen molar-refractivity contribution in [1.29, 1.82) is 0 Å². The van der Waals surface area contributed by atoms with Gasteiger partial charge in [0.05, 0.1) is 13.0 Å². The molecule has 0 radical (unpaired) electrons. The predicted octanol–water partition coefficient (Wildman–Crippen LogP) is 2.93. The minimum Gasteiger partial charge on any atom is -0.494 e. The molecule has 2 aromatic rings. The fourth-order valence-corrected chi connectivity index (χ4v) is 3.64. The van der Waals surface area contributed by atoms with Gasteiger partial charge < -0.3 is 14.7 Å². The maximum Gasteiger partial charge on any atom is 0.323 e. The Morgan fingerprint density at radius 3 is 2.85 bits per heavy atom. The first-order chi connectivity index (χ1) is 12.9. The van der Waals surface area contributed by atoms with Crippen molar-refractivity contribution in [1.82, 2.24) is 14.3 Å². The molecular formula is C17H19FN4O4S. The molecule has 1 saturated heterocycles. The lowest BCUT2D eigenvalue weighted by Crippen LogP contribution is -2.47. The molecule has 27 heavy (non-hydrogen) atoms. The first kappa shape index (κ1) is 19.0. The van der Waals surface area contributed by atoms with Crippen molar-refractivity contribution in [2.75, 3.05) is 25.5 Å². The average Bonchev–Trinajstić information content (AvgIpc) is 3.09. The number of methoxy groups -OCH3 is 1. The lowest BCUT2D eigenvalue weighted by atomic mass is 9.91. The van der Waals surface area contributed by atoms with Gasteiger partial charge in [0.1, 0.15) is 0 Å². The molecule has 0 aliphatic carbocycles. The molecule has 2 amide bonds. The van der Waals surface area contributed by atoms with Crippen molar-refractivity contribution in [2.45, 2.75) is 13.3 Å². The van der Waals surface area contributed by atoms with Gasteiger partial charge in [-0.15, -0.1) is 0 Å². The number of anilines is 1. The Morgan fingerprint density at radius 1 is 1.41 bits per heavy atom. The van der Waals surface area contributed by atoms with Crippen LogP contribution in [0.4, 0.5) is 14.3 Å². The fourth-order valence-electron chi connectivity index (χ4n) is 3.06. The van der Waals surface area contributed by atoms with Gasteiger partial charge in [-0.2, -0.15) is 9.36 Å². The van der Waals surface area contributed by atoms with Crippen LogP contribution in [0.15, 0.2) is 18.2 Å². The van der Waals surface area contributed by atoms with Gasteiger partial charge >= 0.3 is 12.0 Å². The molecule has 8 nitrogen and oxygen atoms in total. The van der Waals surface area contributed by atoms with Crippen molar-refractivity contribution in [3.63, 3.8) is 0 Å². The second kappa shape index (κ2) is 7.87. The maximum atomic E-state index is 13.8. The van der Waals surface area contributed by atoms with Crippen molar-refractivity contribution in [3.05, 3.63) is 24.0 Å². The first-order valence-corrected chi connectivity index (χ1v) is 9.11. The molecule has 0 saturated carbocycles. The van der Waals surface area contributed by atoms with Crippen LogP contribution in [-0.2, 0) is 4.79 Å². The summed E-state index contributed by atoms with van der Waals surface area (Å²) in [6.07, 6.45) is 0.547. The Hall–Kier alpha value is -2.75. The van der Waals surface area contributed by atoms with E-state index >= 15 is 0 Å². The van der Waals surface area contributed by atoms with Gasteiger partial charge in [0.2, 0.25) is 5.13 Å². The van der Waals surface area contributed by atoms with Crippen LogP contribution in [-0.4, -0.2) is 51.6 Å². The monoisotopic (exact) mass is 394 g/mol. The van der Waals surface area contributed by atoms with Crippen molar-refractivity contribution < 1.29 is 23.8 Å². The number of ether oxygens (including phenoxy) is 1. The second-order valence-corrected chi connectivity index (χ2v) is 7.24. The van der Waals surface area contributed by atoms with E-state index in [-0.39, 0.29) is 29.2 Å². The van der Waals surface area contributed by atoms with Crippen LogP contribution in [0.1, 0.15) is 13.3 Å². The summed E-state index contributed by atoms with van der Waals surface area (Å²) in [5.41, 5.74) is 0.461. The number of carbonyl (C=O) groups excluding carboxylic acids is 1. The molecule has 0 spiro atoms. The Kier molecular flexibility index (Phi) is 5.54. The number of urea groups is 1. The highest BCUT2D eigenvalue weighted by Crippen LogP contribution is 2.27. The molecule has 0 bridgehead atoms. The highest BCUT2D eigenvalue weighted by atomic mass is 32.1. The highest BCUT2D eigenvalue weighted by Gasteiger charge is 2.32. The Bertz CT molecular complexity index is 859. The van der Waals surface area contributed by atoms with Gasteiger partial charge in [-0.3, -0.25) is 10.1 Å². The van der Waals surface area contributed by atoms with E-state index in [1.54, 1.807) is 6.07 Å². The van der Waals surface area contributed by atoms with Gasteiger partial charge in [-0.05, 0) is 30.5 Å². The minimum atomic E-state index is -0.904. The zero-order valence-corrected chi connectivity index (χ0v) is 15.6. The van der Waals surface area contributed by atoms with E-state index in [0.29, 0.717) is 18.5 Å². The summed E-state index contributed by atoms with van der Waals surface area (Å²) in [6, 6.07) is 3.94. The number of piperidine rings is 1. The van der Waals surface area contributed by atoms with Gasteiger partial charge in [-0.25, -0.2) is 9.18 Å². The number of nitrogens with zero attached hydrogens (tertiary/aromatic N) is 3. The number of carboxylic acids is 1. The molecule has 3 rings (SSSR count). The summed E-state index contributed by atoms with van der Waals surface area (Å²) in [5, 5.41) is 12.1. The topological polar surface area (TPSA) is 105 Å². The molecule has 1 aliphatic heterocycles. The number of aromatic nitrogens is 2. The van der Waals surface area contributed by atoms with E-state index in [1.165, 1.54) is 24.1 Å². The molecule has 2 atom stereocenters. The summed E-state index contributed by atoms with van der Waals surface area (Å²) >= 11 is 0.971. The van der Waals surface area contributed by atoms with E-state index in [4.69, 9.17) is 4.74 Å². The maximum absolute atomic E-state index is 13.8. The average molecular weight is 394 g/mol. The van der Waals surface area contributed by atoms with Crippen LogP contribution in [0, 0.1) is 17.7 Å². The van der Waals surface area contributed by atoms with Crippen LogP contribution in [0.25, 0.3) is 11.4 Å². The van der Waals surface area contributed by atoms with Gasteiger partial charge in [0, 0.05) is 30.2 Å². The lowest BCUT2D eigenvalue weighted by Gasteiger charge is -2.34. The molecule has 1 aromatic heterocycles. The number of benzene rings is 1. The van der Waals surface area contributed by atoms with E-state index in [1.807, 2.05) is 6.92 Å². The van der Waals surface area contributed by atoms with Gasteiger partial charge in [0.25, 0.3) is 0 Å². The third-order valence-electron chi connectivity index (χ3n) is 4.35. The summed E-state index contributed by atoms with van der Waals surface area (Å²) < 4.78 is 22.8. The highest BCUT2D eigenvalue weighted by molar-refractivity contribution is 7.10. The van der Waals surface area contributed by atoms with Crippen molar-refractivity contribution >= 4 is 28.7 Å². The first-order valence-electron chi connectivity index (χ1n) is 8.33. The summed E-state index contributed by atoms with van der Waals surface area (Å²) in [5.74, 6) is -1.51. The van der Waals surface area contributed by atoms with E-state index in [0.717, 1.165) is 11.5 Å². The van der Waals surface area contributed by atoms with E-state index in [2.05, 4.69) is 14.7 Å². The number of halogens is 1. The van der Waals surface area contributed by atoms with E-state index in [9.17, 15) is 19.1 Å². The third-order valence-corrected chi connectivity index (χ3v) is 4.98. The number of hydrogen-bond donors (Lipinski definition) is 2. The van der Waals surface area contributed by atoms with Crippen LogP contribution in [0.3, 0.4) is 0 Å². The Labute approximate surface area is 159 Å². The fraction of sp³-hybridized carbons (Fsp3) is 0.412. The molecule has 2 heterocycles. The van der Waals surface area contributed by atoms with Crippen LogP contribution >= 0.6 is 11.5 Å². The van der Waals surface area contributed by atoms with Crippen LogP contribution in [0.2, 0.25) is 0 Å². The lowest BCUT2D eigenvalue weighted by molar-refractivity contribution is -0.143. The number of carboxylic acid groups (broad SMARTS) is 1. The zero-order valence-electron chi connectivity index (χ0n) is 14.8. The summed E-state index contributed by atoms with van der Waals surface area (Å²) in [6.45, 7) is 2.54. The van der Waals surface area contributed by atoms with Gasteiger partial charge in [0.15, 0.2) is 17.4 Å². The van der Waals surface area contributed by atoms with Gasteiger partial charge in [-0.1, -0.05) is 6.92 Å². The largest absolute Gasteiger partial charge is 0.494 e. The number of hydrogen-bond acceptors (Lipinski definition) is 6. The predicted molar refractivity (Wildman–Crippen MR) is 97.4 cm³/mol. The molecule has 1 aromatic carbocycles. The Morgan fingerprint density at radius 2 is 2.19 bits per heavy atom. The normalized spacial score (nSPS) is 19.6. The smallest absolute Gasteiger partial charge is 0.323 e. The van der Waals surface area contributed by atoms with Crippen LogP contribution < -0.4 is 10.1 Å². The SMILES string of the molecule is COc1ccc(-c2nsc(NC(=O)N3CC(C)CC(C(=O)O)C3)n2)cc1F. The number of likely N-dealkylation sites (tertiary alicyclic amines) is 1. The summed E-state index contributed by atoms with van der Waals surface area (Å²) in [7, 11) is 1.38. The number of amides is 2. The zero-order chi connectivity index (χ0) is 19.6. The number of aliphatic carboxylic acids is 1. The molecule has 144 valence electrons. The second-order valence-electron chi connectivity index (χ2n) is 6.48. The van der Waals surface area contributed by atoms with E-state index < -0.39 is 23.7 Å². The number of nitrogens with one attached hydrogen (secondary N) is 1. The number of rotatable bonds is 4.